The van der Waals surface area contributed by atoms with E-state index in [4.69, 9.17) is 15.9 Å². The van der Waals surface area contributed by atoms with E-state index in [1.54, 1.807) is 0 Å². The van der Waals surface area contributed by atoms with Crippen molar-refractivity contribution in [3.63, 3.8) is 0 Å². The van der Waals surface area contributed by atoms with Crippen LogP contribution >= 0.6 is 0 Å². The lowest BCUT2D eigenvalue weighted by atomic mass is 10.1. The van der Waals surface area contributed by atoms with Crippen molar-refractivity contribution < 1.29 is 19.8 Å². The topological polar surface area (TPSA) is 104 Å². The van der Waals surface area contributed by atoms with Crippen LogP contribution in [0.1, 0.15) is 19.3 Å². The Hall–Kier alpha value is -1.14. The van der Waals surface area contributed by atoms with Gasteiger partial charge in [0.2, 0.25) is 0 Å². The molecule has 0 rings (SSSR count). The maximum Gasteiger partial charge on any atom is 0.320 e. The molecule has 6 nitrogen and oxygen atoms in total. The van der Waals surface area contributed by atoms with E-state index in [0.29, 0.717) is 19.4 Å². The lowest BCUT2D eigenvalue weighted by Crippen LogP contribution is -2.41. The van der Waals surface area contributed by atoms with Gasteiger partial charge in [-0.2, -0.15) is 0 Å². The van der Waals surface area contributed by atoms with Gasteiger partial charge in [0.1, 0.15) is 6.04 Å². The van der Waals surface area contributed by atoms with Crippen LogP contribution in [0.3, 0.4) is 0 Å². The molecule has 0 aliphatic rings. The Morgan fingerprint density at radius 3 is 2.33 bits per heavy atom. The van der Waals surface area contributed by atoms with E-state index in [0.717, 1.165) is 6.42 Å². The molecule has 0 aliphatic carbocycles. The van der Waals surface area contributed by atoms with Gasteiger partial charge in [0, 0.05) is 0 Å². The fourth-order valence-corrected chi connectivity index (χ4v) is 1.34. The van der Waals surface area contributed by atoms with E-state index >= 15 is 0 Å². The molecule has 1 atom stereocenters. The SMILES string of the molecule is CN(CC(=O)O)C(CCCCN)C(=O)O. The van der Waals surface area contributed by atoms with Gasteiger partial charge in [-0.15, -0.1) is 0 Å². The predicted molar refractivity (Wildman–Crippen MR) is 54.6 cm³/mol. The number of nitrogens with two attached hydrogens (primary N) is 1. The molecule has 6 heteroatoms. The Morgan fingerprint density at radius 1 is 1.33 bits per heavy atom. The molecule has 0 aromatic rings. The second-order valence-electron chi connectivity index (χ2n) is 3.45. The highest BCUT2D eigenvalue weighted by Gasteiger charge is 2.23. The predicted octanol–water partition coefficient (Wildman–Crippen LogP) is -0.415. The van der Waals surface area contributed by atoms with Gasteiger partial charge < -0.3 is 15.9 Å². The number of aliphatic carboxylic acids is 2. The summed E-state index contributed by atoms with van der Waals surface area (Å²) < 4.78 is 0. The summed E-state index contributed by atoms with van der Waals surface area (Å²) >= 11 is 0. The zero-order valence-corrected chi connectivity index (χ0v) is 8.85. The molecule has 0 amide bonds. The lowest BCUT2D eigenvalue weighted by Gasteiger charge is -2.22. The van der Waals surface area contributed by atoms with Gasteiger partial charge in [-0.25, -0.2) is 0 Å². The first-order valence-corrected chi connectivity index (χ1v) is 4.84. The summed E-state index contributed by atoms with van der Waals surface area (Å²) in [6.45, 7) is 0.259. The van der Waals surface area contributed by atoms with E-state index in [2.05, 4.69) is 0 Å². The highest BCUT2D eigenvalue weighted by molar-refractivity contribution is 5.75. The van der Waals surface area contributed by atoms with Crippen molar-refractivity contribution in [2.75, 3.05) is 20.1 Å². The van der Waals surface area contributed by atoms with Crippen LogP contribution in [0, 0.1) is 0 Å². The number of nitrogens with zero attached hydrogens (tertiary/aromatic N) is 1. The minimum atomic E-state index is -1.03. The molecule has 0 fully saturated rings. The number of carbonyl (C=O) groups is 2. The average Bonchev–Trinajstić information content (AvgIpc) is 2.10. The first-order chi connectivity index (χ1) is 6.99. The monoisotopic (exact) mass is 218 g/mol. The Morgan fingerprint density at radius 2 is 1.93 bits per heavy atom. The maximum absolute atomic E-state index is 10.9. The lowest BCUT2D eigenvalue weighted by molar-refractivity contribution is -0.145. The molecule has 0 spiro atoms. The quantitative estimate of drug-likeness (QED) is 0.478. The number of hydrogen-bond donors (Lipinski definition) is 3. The zero-order chi connectivity index (χ0) is 11.8. The van der Waals surface area contributed by atoms with Crippen LogP contribution in [0.15, 0.2) is 0 Å². The second kappa shape index (κ2) is 7.19. The van der Waals surface area contributed by atoms with Crippen molar-refractivity contribution in [3.8, 4) is 0 Å². The van der Waals surface area contributed by atoms with Crippen molar-refractivity contribution in [1.82, 2.24) is 4.90 Å². The summed E-state index contributed by atoms with van der Waals surface area (Å²) in [5.74, 6) is -2.02. The van der Waals surface area contributed by atoms with Crippen molar-refractivity contribution >= 4 is 11.9 Å². The maximum atomic E-state index is 10.9. The molecule has 1 unspecified atom stereocenters. The van der Waals surface area contributed by atoms with Crippen LogP contribution in [0.25, 0.3) is 0 Å². The van der Waals surface area contributed by atoms with E-state index in [-0.39, 0.29) is 6.54 Å². The number of carboxylic acid groups (broad SMARTS) is 2. The highest BCUT2D eigenvalue weighted by atomic mass is 16.4. The van der Waals surface area contributed by atoms with Gasteiger partial charge in [-0.05, 0) is 26.4 Å². The van der Waals surface area contributed by atoms with Gasteiger partial charge in [-0.3, -0.25) is 14.5 Å². The third kappa shape index (κ3) is 6.03. The van der Waals surface area contributed by atoms with Crippen LogP contribution in [0.5, 0.6) is 0 Å². The van der Waals surface area contributed by atoms with Gasteiger partial charge in [0.05, 0.1) is 6.54 Å². The highest BCUT2D eigenvalue weighted by Crippen LogP contribution is 2.07. The first-order valence-electron chi connectivity index (χ1n) is 4.84. The van der Waals surface area contributed by atoms with Crippen LogP contribution in [0.2, 0.25) is 0 Å². The summed E-state index contributed by atoms with van der Waals surface area (Å²) in [7, 11) is 1.50. The molecule has 0 radical (unpaired) electrons. The van der Waals surface area contributed by atoms with Crippen molar-refractivity contribution in [2.45, 2.75) is 25.3 Å². The van der Waals surface area contributed by atoms with Crippen LogP contribution < -0.4 is 5.73 Å². The summed E-state index contributed by atoms with van der Waals surface area (Å²) in [5.41, 5.74) is 5.29. The largest absolute Gasteiger partial charge is 0.480 e. The van der Waals surface area contributed by atoms with E-state index in [1.807, 2.05) is 0 Å². The van der Waals surface area contributed by atoms with E-state index in [9.17, 15) is 9.59 Å². The van der Waals surface area contributed by atoms with Crippen molar-refractivity contribution in [2.24, 2.45) is 5.73 Å². The number of likely N-dealkylation sites (N-methyl/N-ethyl adjacent to an activating group) is 1. The molecule has 0 aliphatic heterocycles. The molecular formula is C9H18N2O4. The minimum Gasteiger partial charge on any atom is -0.480 e. The zero-order valence-electron chi connectivity index (χ0n) is 8.85. The Balaban J connectivity index is 4.13. The summed E-state index contributed by atoms with van der Waals surface area (Å²) in [5, 5.41) is 17.4. The third-order valence-electron chi connectivity index (χ3n) is 2.13. The normalized spacial score (nSPS) is 12.7. The molecule has 4 N–H and O–H groups in total. The van der Waals surface area contributed by atoms with Crippen LogP contribution in [-0.4, -0.2) is 53.2 Å². The van der Waals surface area contributed by atoms with Gasteiger partial charge in [0.25, 0.3) is 0 Å². The molecule has 0 saturated carbocycles. The molecular weight excluding hydrogens is 200 g/mol. The third-order valence-corrected chi connectivity index (χ3v) is 2.13. The smallest absolute Gasteiger partial charge is 0.320 e. The van der Waals surface area contributed by atoms with Crippen LogP contribution in [0.4, 0.5) is 0 Å². The molecule has 0 aromatic carbocycles. The average molecular weight is 218 g/mol. The number of unbranched alkanes of at least 4 members (excludes halogenated alkanes) is 1. The van der Waals surface area contributed by atoms with Crippen molar-refractivity contribution in [3.05, 3.63) is 0 Å². The Kier molecular flexibility index (Phi) is 6.64. The fraction of sp³-hybridized carbons (Fsp3) is 0.778. The number of rotatable bonds is 8. The molecule has 15 heavy (non-hydrogen) atoms. The summed E-state index contributed by atoms with van der Waals surface area (Å²) in [4.78, 5) is 22.6. The fourth-order valence-electron chi connectivity index (χ4n) is 1.34. The summed E-state index contributed by atoms with van der Waals surface area (Å²) in [6.07, 6.45) is 1.87. The summed E-state index contributed by atoms with van der Waals surface area (Å²) in [6, 6.07) is -0.743. The van der Waals surface area contributed by atoms with Gasteiger partial charge in [-0.1, -0.05) is 6.42 Å². The van der Waals surface area contributed by atoms with E-state index < -0.39 is 18.0 Å². The van der Waals surface area contributed by atoms with E-state index in [1.165, 1.54) is 11.9 Å². The minimum absolute atomic E-state index is 0.264. The van der Waals surface area contributed by atoms with Crippen molar-refractivity contribution in [1.29, 1.82) is 0 Å². The van der Waals surface area contributed by atoms with Crippen LogP contribution in [-0.2, 0) is 9.59 Å². The standard InChI is InChI=1S/C9H18N2O4/c1-11(6-8(12)13)7(9(14)15)4-2-3-5-10/h7H,2-6,10H2,1H3,(H,12,13)(H,14,15). The second-order valence-corrected chi connectivity index (χ2v) is 3.45. The molecule has 88 valence electrons. The Labute approximate surface area is 88.7 Å². The van der Waals surface area contributed by atoms with Gasteiger partial charge >= 0.3 is 11.9 Å². The van der Waals surface area contributed by atoms with Gasteiger partial charge in [0.15, 0.2) is 0 Å². The number of carboxylic acids is 2. The Bertz CT molecular complexity index is 220. The first kappa shape index (κ1) is 13.9. The molecule has 0 bridgehead atoms. The molecule has 0 saturated heterocycles. The number of hydrogen-bond acceptors (Lipinski definition) is 4. The molecule has 0 aromatic heterocycles. The molecule has 0 heterocycles.